The SMILES string of the molecule is Cl.NC1CCN(C(=O)C2(C(F)(F)F)CC2)CC1. The van der Waals surface area contributed by atoms with Crippen molar-refractivity contribution in [1.82, 2.24) is 4.90 Å². The molecule has 0 aromatic carbocycles. The number of halogens is 4. The van der Waals surface area contributed by atoms with Gasteiger partial charge in [-0.2, -0.15) is 13.2 Å². The van der Waals surface area contributed by atoms with Gasteiger partial charge >= 0.3 is 6.18 Å². The van der Waals surface area contributed by atoms with Crippen molar-refractivity contribution in [3.8, 4) is 0 Å². The standard InChI is InChI=1S/C10H15F3N2O.ClH/c11-10(12,13)9(3-4-9)8(16)15-5-1-7(14)2-6-15;/h7H,1-6,14H2;1H. The molecule has 0 atom stereocenters. The summed E-state index contributed by atoms with van der Waals surface area (Å²) in [6.45, 7) is 0.718. The number of rotatable bonds is 1. The number of nitrogens with zero attached hydrogens (tertiary/aromatic N) is 1. The van der Waals surface area contributed by atoms with Gasteiger partial charge in [0.2, 0.25) is 5.91 Å². The summed E-state index contributed by atoms with van der Waals surface area (Å²) in [5.74, 6) is -0.744. The molecule has 2 rings (SSSR count). The van der Waals surface area contributed by atoms with Gasteiger partial charge in [-0.15, -0.1) is 12.4 Å². The lowest BCUT2D eigenvalue weighted by Crippen LogP contribution is -2.49. The molecule has 1 aliphatic heterocycles. The molecule has 1 saturated heterocycles. The molecule has 2 fully saturated rings. The summed E-state index contributed by atoms with van der Waals surface area (Å²) in [6, 6.07) is 0.0186. The predicted octanol–water partition coefficient (Wildman–Crippen LogP) is 1.70. The third-order valence-corrected chi connectivity index (χ3v) is 3.53. The Morgan fingerprint density at radius 3 is 2.06 bits per heavy atom. The summed E-state index contributed by atoms with van der Waals surface area (Å²) in [7, 11) is 0. The molecule has 17 heavy (non-hydrogen) atoms. The average Bonchev–Trinajstić information content (AvgIpc) is 2.97. The molecular weight excluding hydrogens is 257 g/mol. The Hall–Kier alpha value is -0.490. The molecule has 0 unspecified atom stereocenters. The van der Waals surface area contributed by atoms with Crippen LogP contribution in [0.2, 0.25) is 0 Å². The topological polar surface area (TPSA) is 46.3 Å². The summed E-state index contributed by atoms with van der Waals surface area (Å²) in [6.07, 6.45) is -3.32. The first-order valence-corrected chi connectivity index (χ1v) is 5.48. The zero-order valence-corrected chi connectivity index (χ0v) is 10.1. The van der Waals surface area contributed by atoms with Crippen LogP contribution in [0.25, 0.3) is 0 Å². The number of alkyl halides is 3. The molecular formula is C10H16ClF3N2O. The maximum Gasteiger partial charge on any atom is 0.403 e. The fourth-order valence-electron chi connectivity index (χ4n) is 2.15. The van der Waals surface area contributed by atoms with Crippen molar-refractivity contribution >= 4 is 18.3 Å². The van der Waals surface area contributed by atoms with Crippen molar-refractivity contribution in [3.63, 3.8) is 0 Å². The van der Waals surface area contributed by atoms with Crippen LogP contribution in [-0.2, 0) is 4.79 Å². The van der Waals surface area contributed by atoms with Crippen molar-refractivity contribution in [2.75, 3.05) is 13.1 Å². The maximum absolute atomic E-state index is 12.7. The van der Waals surface area contributed by atoms with Crippen LogP contribution >= 0.6 is 12.4 Å². The number of carbonyl (C=O) groups is 1. The fourth-order valence-corrected chi connectivity index (χ4v) is 2.15. The second-order valence-corrected chi connectivity index (χ2v) is 4.71. The van der Waals surface area contributed by atoms with Crippen LogP contribution in [0, 0.1) is 5.41 Å². The number of likely N-dealkylation sites (tertiary alicyclic amines) is 1. The molecule has 0 aromatic rings. The van der Waals surface area contributed by atoms with Gasteiger partial charge in [-0.25, -0.2) is 0 Å². The maximum atomic E-state index is 12.7. The number of piperidine rings is 1. The molecule has 0 bridgehead atoms. The lowest BCUT2D eigenvalue weighted by Gasteiger charge is -2.33. The number of nitrogens with two attached hydrogens (primary N) is 1. The molecule has 1 heterocycles. The quantitative estimate of drug-likeness (QED) is 0.790. The molecule has 0 radical (unpaired) electrons. The first-order chi connectivity index (χ1) is 7.37. The van der Waals surface area contributed by atoms with E-state index >= 15 is 0 Å². The summed E-state index contributed by atoms with van der Waals surface area (Å²) in [5.41, 5.74) is 3.59. The summed E-state index contributed by atoms with van der Waals surface area (Å²) >= 11 is 0. The largest absolute Gasteiger partial charge is 0.403 e. The van der Waals surface area contributed by atoms with E-state index in [1.54, 1.807) is 0 Å². The number of hydrogen-bond donors (Lipinski definition) is 1. The Bertz CT molecular complexity index is 296. The second kappa shape index (κ2) is 4.65. The van der Waals surface area contributed by atoms with E-state index in [1.165, 1.54) is 4.90 Å². The lowest BCUT2D eigenvalue weighted by atomic mass is 10.0. The van der Waals surface area contributed by atoms with Crippen LogP contribution in [0.1, 0.15) is 25.7 Å². The van der Waals surface area contributed by atoms with Gasteiger partial charge in [0.25, 0.3) is 0 Å². The van der Waals surface area contributed by atoms with E-state index in [2.05, 4.69) is 0 Å². The Morgan fingerprint density at radius 1 is 1.24 bits per heavy atom. The Kier molecular flexibility index (Phi) is 3.98. The molecule has 100 valence electrons. The van der Waals surface area contributed by atoms with Gasteiger partial charge in [0, 0.05) is 19.1 Å². The molecule has 3 nitrogen and oxygen atoms in total. The highest BCUT2D eigenvalue weighted by molar-refractivity contribution is 5.86. The van der Waals surface area contributed by atoms with Gasteiger partial charge < -0.3 is 10.6 Å². The van der Waals surface area contributed by atoms with Crippen LogP contribution in [-0.4, -0.2) is 36.1 Å². The molecule has 7 heteroatoms. The minimum Gasteiger partial charge on any atom is -0.342 e. The van der Waals surface area contributed by atoms with Crippen LogP contribution in [0.5, 0.6) is 0 Å². The van der Waals surface area contributed by atoms with Crippen molar-refractivity contribution in [2.45, 2.75) is 37.9 Å². The minimum absolute atomic E-state index is 0. The smallest absolute Gasteiger partial charge is 0.342 e. The molecule has 0 aromatic heterocycles. The Labute approximate surface area is 104 Å². The van der Waals surface area contributed by atoms with Crippen LogP contribution in [0.4, 0.5) is 13.2 Å². The van der Waals surface area contributed by atoms with Gasteiger partial charge in [0.1, 0.15) is 5.41 Å². The molecule has 1 saturated carbocycles. The van der Waals surface area contributed by atoms with Crippen LogP contribution in [0.15, 0.2) is 0 Å². The van der Waals surface area contributed by atoms with E-state index in [1.807, 2.05) is 0 Å². The van der Waals surface area contributed by atoms with Crippen LogP contribution in [0.3, 0.4) is 0 Å². The third-order valence-electron chi connectivity index (χ3n) is 3.53. The summed E-state index contributed by atoms with van der Waals surface area (Å²) < 4.78 is 38.1. The highest BCUT2D eigenvalue weighted by Gasteiger charge is 2.69. The molecule has 2 aliphatic rings. The molecule has 1 amide bonds. The van der Waals surface area contributed by atoms with Crippen molar-refractivity contribution < 1.29 is 18.0 Å². The fraction of sp³-hybridized carbons (Fsp3) is 0.900. The Morgan fingerprint density at radius 2 is 1.71 bits per heavy atom. The van der Waals surface area contributed by atoms with E-state index < -0.39 is 17.5 Å². The summed E-state index contributed by atoms with van der Waals surface area (Å²) in [5, 5.41) is 0. The molecule has 1 aliphatic carbocycles. The van der Waals surface area contributed by atoms with E-state index in [0.717, 1.165) is 0 Å². The normalized spacial score (nSPS) is 24.1. The number of amides is 1. The van der Waals surface area contributed by atoms with E-state index in [-0.39, 0.29) is 31.3 Å². The minimum atomic E-state index is -4.40. The molecule has 2 N–H and O–H groups in total. The molecule has 0 spiro atoms. The van der Waals surface area contributed by atoms with Crippen molar-refractivity contribution in [2.24, 2.45) is 11.1 Å². The predicted molar refractivity (Wildman–Crippen MR) is 58.8 cm³/mol. The third kappa shape index (κ3) is 2.52. The van der Waals surface area contributed by atoms with E-state index in [0.29, 0.717) is 25.9 Å². The van der Waals surface area contributed by atoms with Gasteiger partial charge in [-0.1, -0.05) is 0 Å². The Balaban J connectivity index is 0.00000144. The highest BCUT2D eigenvalue weighted by Crippen LogP contribution is 2.58. The van der Waals surface area contributed by atoms with Gasteiger partial charge in [-0.05, 0) is 25.7 Å². The lowest BCUT2D eigenvalue weighted by molar-refractivity contribution is -0.199. The first-order valence-electron chi connectivity index (χ1n) is 5.48. The van der Waals surface area contributed by atoms with Crippen LogP contribution < -0.4 is 5.73 Å². The number of carbonyl (C=O) groups excluding carboxylic acids is 1. The van der Waals surface area contributed by atoms with Crippen molar-refractivity contribution in [3.05, 3.63) is 0 Å². The highest BCUT2D eigenvalue weighted by atomic mass is 35.5. The van der Waals surface area contributed by atoms with E-state index in [9.17, 15) is 18.0 Å². The van der Waals surface area contributed by atoms with Gasteiger partial charge in [-0.3, -0.25) is 4.79 Å². The zero-order chi connectivity index (χ0) is 12.0. The monoisotopic (exact) mass is 272 g/mol. The number of hydrogen-bond acceptors (Lipinski definition) is 2. The first kappa shape index (κ1) is 14.6. The summed E-state index contributed by atoms with van der Waals surface area (Å²) in [4.78, 5) is 13.1. The van der Waals surface area contributed by atoms with Gasteiger partial charge in [0.15, 0.2) is 0 Å². The van der Waals surface area contributed by atoms with Gasteiger partial charge in [0.05, 0.1) is 0 Å². The second-order valence-electron chi connectivity index (χ2n) is 4.71. The average molecular weight is 273 g/mol. The zero-order valence-electron chi connectivity index (χ0n) is 9.29. The van der Waals surface area contributed by atoms with E-state index in [4.69, 9.17) is 5.73 Å². The van der Waals surface area contributed by atoms with Crippen molar-refractivity contribution in [1.29, 1.82) is 0 Å².